The largest absolute Gasteiger partial charge is 0.497 e. The van der Waals surface area contributed by atoms with E-state index in [0.717, 1.165) is 11.1 Å². The molecule has 0 unspecified atom stereocenters. The third-order valence-corrected chi connectivity index (χ3v) is 5.14. The minimum atomic E-state index is -0.485. The molecule has 0 aromatic heterocycles. The van der Waals surface area contributed by atoms with Crippen molar-refractivity contribution in [3.05, 3.63) is 126 Å². The van der Waals surface area contributed by atoms with Crippen LogP contribution in [0.2, 0.25) is 0 Å². The fourth-order valence-electron chi connectivity index (χ4n) is 3.32. The van der Waals surface area contributed by atoms with Crippen LogP contribution in [0.3, 0.4) is 0 Å². The number of ether oxygens (including phenoxy) is 2. The van der Waals surface area contributed by atoms with Crippen LogP contribution in [0.1, 0.15) is 26.3 Å². The third-order valence-electron chi connectivity index (χ3n) is 5.14. The Hall–Kier alpha value is -4.44. The molecule has 0 bridgehead atoms. The quantitative estimate of drug-likeness (QED) is 0.145. The highest BCUT2D eigenvalue weighted by Gasteiger charge is 2.11. The first kappa shape index (κ1) is 21.8. The highest BCUT2D eigenvalue weighted by atomic mass is 16.5. The van der Waals surface area contributed by atoms with Gasteiger partial charge in [0.25, 0.3) is 0 Å². The van der Waals surface area contributed by atoms with E-state index in [1.165, 1.54) is 6.08 Å². The molecule has 0 aliphatic heterocycles. The van der Waals surface area contributed by atoms with E-state index in [1.54, 1.807) is 55.7 Å². The molecule has 4 aromatic carbocycles. The van der Waals surface area contributed by atoms with E-state index >= 15 is 0 Å². The minimum Gasteiger partial charge on any atom is -0.497 e. The van der Waals surface area contributed by atoms with Crippen LogP contribution >= 0.6 is 0 Å². The van der Waals surface area contributed by atoms with Crippen LogP contribution in [-0.4, -0.2) is 18.9 Å². The topological polar surface area (TPSA) is 52.6 Å². The summed E-state index contributed by atoms with van der Waals surface area (Å²) < 4.78 is 10.7. The van der Waals surface area contributed by atoms with Crippen molar-refractivity contribution < 1.29 is 19.1 Å². The second kappa shape index (κ2) is 10.2. The van der Waals surface area contributed by atoms with Crippen molar-refractivity contribution in [2.75, 3.05) is 7.11 Å². The van der Waals surface area contributed by atoms with Gasteiger partial charge >= 0.3 is 5.97 Å². The fraction of sp³-hybridized carbons (Fsp3) is 0.0345. The summed E-state index contributed by atoms with van der Waals surface area (Å²) in [4.78, 5) is 25.2. The summed E-state index contributed by atoms with van der Waals surface area (Å²) in [6, 6.07) is 31.2. The number of methoxy groups -OCH3 is 1. The molecule has 0 spiro atoms. The molecule has 0 aliphatic carbocycles. The van der Waals surface area contributed by atoms with E-state index in [1.807, 2.05) is 60.7 Å². The number of benzene rings is 4. The second-order valence-electron chi connectivity index (χ2n) is 7.30. The molecule has 0 radical (unpaired) electrons. The average Bonchev–Trinajstić information content (AvgIpc) is 2.88. The SMILES string of the molecule is COc1ccc(C(=O)Oc2ccccc2C=CC(=O)c2ccc(-c3ccccc3)cc2)cc1. The Morgan fingerprint density at radius 1 is 0.667 bits per heavy atom. The summed E-state index contributed by atoms with van der Waals surface area (Å²) in [6.07, 6.45) is 3.14. The third kappa shape index (κ3) is 5.43. The average molecular weight is 434 g/mol. The molecular formula is C29H22O4. The molecule has 0 aliphatic rings. The van der Waals surface area contributed by atoms with E-state index in [-0.39, 0.29) is 5.78 Å². The zero-order valence-corrected chi connectivity index (χ0v) is 18.1. The number of ketones is 1. The number of para-hydroxylation sites is 1. The Balaban J connectivity index is 1.47. The molecule has 4 rings (SSSR count). The van der Waals surface area contributed by atoms with Gasteiger partial charge < -0.3 is 9.47 Å². The van der Waals surface area contributed by atoms with Gasteiger partial charge in [-0.15, -0.1) is 0 Å². The lowest BCUT2D eigenvalue weighted by Crippen LogP contribution is -2.09. The molecule has 4 nitrogen and oxygen atoms in total. The number of hydrogen-bond donors (Lipinski definition) is 0. The standard InChI is InChI=1S/C29H22O4/c1-32-26-18-15-25(16-19-26)29(31)33-28-10-6-5-9-24(28)17-20-27(30)23-13-11-22(12-14-23)21-7-3-2-4-8-21/h2-20H,1H3. The maximum Gasteiger partial charge on any atom is 0.343 e. The first-order valence-electron chi connectivity index (χ1n) is 10.5. The highest BCUT2D eigenvalue weighted by Crippen LogP contribution is 2.23. The Labute approximate surface area is 192 Å². The van der Waals surface area contributed by atoms with Crippen LogP contribution in [-0.2, 0) is 0 Å². The first-order valence-corrected chi connectivity index (χ1v) is 10.5. The van der Waals surface area contributed by atoms with E-state index in [2.05, 4.69) is 0 Å². The Morgan fingerprint density at radius 3 is 1.97 bits per heavy atom. The predicted molar refractivity (Wildman–Crippen MR) is 130 cm³/mol. The number of carbonyl (C=O) groups is 2. The second-order valence-corrected chi connectivity index (χ2v) is 7.30. The van der Waals surface area contributed by atoms with Gasteiger partial charge in [-0.25, -0.2) is 4.79 Å². The van der Waals surface area contributed by atoms with Gasteiger partial charge in [0.2, 0.25) is 0 Å². The molecule has 162 valence electrons. The fourth-order valence-corrected chi connectivity index (χ4v) is 3.32. The monoisotopic (exact) mass is 434 g/mol. The lowest BCUT2D eigenvalue weighted by Gasteiger charge is -2.08. The maximum absolute atomic E-state index is 12.7. The van der Waals surface area contributed by atoms with Crippen molar-refractivity contribution in [2.24, 2.45) is 0 Å². The lowest BCUT2D eigenvalue weighted by molar-refractivity contribution is 0.0734. The van der Waals surface area contributed by atoms with E-state index in [0.29, 0.717) is 28.2 Å². The van der Waals surface area contributed by atoms with Crippen molar-refractivity contribution in [3.8, 4) is 22.6 Å². The molecule has 0 N–H and O–H groups in total. The summed E-state index contributed by atoms with van der Waals surface area (Å²) >= 11 is 0. The van der Waals surface area contributed by atoms with Crippen molar-refractivity contribution in [2.45, 2.75) is 0 Å². The number of esters is 1. The van der Waals surface area contributed by atoms with Crippen LogP contribution in [0.4, 0.5) is 0 Å². The summed E-state index contributed by atoms with van der Waals surface area (Å²) in [5, 5.41) is 0. The van der Waals surface area contributed by atoms with Gasteiger partial charge in [-0.2, -0.15) is 0 Å². The molecule has 4 aromatic rings. The highest BCUT2D eigenvalue weighted by molar-refractivity contribution is 6.07. The number of carbonyl (C=O) groups excluding carboxylic acids is 2. The van der Waals surface area contributed by atoms with Crippen LogP contribution in [0.15, 0.2) is 109 Å². The molecule has 0 fully saturated rings. The molecule has 0 atom stereocenters. The van der Waals surface area contributed by atoms with Crippen LogP contribution in [0, 0.1) is 0 Å². The molecule has 0 saturated carbocycles. The van der Waals surface area contributed by atoms with Gasteiger partial charge in [0.15, 0.2) is 5.78 Å². The van der Waals surface area contributed by atoms with Gasteiger partial charge in [0.1, 0.15) is 11.5 Å². The van der Waals surface area contributed by atoms with Gasteiger partial charge in [-0.05, 0) is 53.6 Å². The summed E-state index contributed by atoms with van der Waals surface area (Å²) in [6.45, 7) is 0. The molecule has 0 amide bonds. The Bertz CT molecular complexity index is 1270. The summed E-state index contributed by atoms with van der Waals surface area (Å²) in [5.74, 6) is 0.416. The smallest absolute Gasteiger partial charge is 0.343 e. The minimum absolute atomic E-state index is 0.133. The van der Waals surface area contributed by atoms with Gasteiger partial charge in [-0.1, -0.05) is 72.8 Å². The van der Waals surface area contributed by atoms with Crippen LogP contribution in [0.5, 0.6) is 11.5 Å². The number of rotatable bonds is 7. The molecule has 0 saturated heterocycles. The zero-order valence-electron chi connectivity index (χ0n) is 18.1. The molecule has 33 heavy (non-hydrogen) atoms. The van der Waals surface area contributed by atoms with Crippen molar-refractivity contribution in [1.29, 1.82) is 0 Å². The van der Waals surface area contributed by atoms with E-state index in [4.69, 9.17) is 9.47 Å². The van der Waals surface area contributed by atoms with Crippen LogP contribution in [0.25, 0.3) is 17.2 Å². The van der Waals surface area contributed by atoms with E-state index < -0.39 is 5.97 Å². The maximum atomic E-state index is 12.7. The lowest BCUT2D eigenvalue weighted by atomic mass is 10.0. The normalized spacial score (nSPS) is 10.7. The summed E-state index contributed by atoms with van der Waals surface area (Å²) in [7, 11) is 1.56. The predicted octanol–water partition coefficient (Wildman–Crippen LogP) is 6.48. The van der Waals surface area contributed by atoms with Gasteiger partial charge in [-0.3, -0.25) is 4.79 Å². The zero-order chi connectivity index (χ0) is 23.0. The van der Waals surface area contributed by atoms with Crippen molar-refractivity contribution in [3.63, 3.8) is 0 Å². The van der Waals surface area contributed by atoms with Crippen molar-refractivity contribution >= 4 is 17.8 Å². The molecule has 0 heterocycles. The number of hydrogen-bond acceptors (Lipinski definition) is 4. The number of allylic oxidation sites excluding steroid dienone is 1. The molecular weight excluding hydrogens is 412 g/mol. The van der Waals surface area contributed by atoms with Gasteiger partial charge in [0.05, 0.1) is 12.7 Å². The first-order chi connectivity index (χ1) is 16.1. The van der Waals surface area contributed by atoms with Crippen molar-refractivity contribution in [1.82, 2.24) is 0 Å². The van der Waals surface area contributed by atoms with Gasteiger partial charge in [0, 0.05) is 11.1 Å². The Morgan fingerprint density at radius 2 is 1.27 bits per heavy atom. The Kier molecular flexibility index (Phi) is 6.76. The van der Waals surface area contributed by atoms with E-state index in [9.17, 15) is 9.59 Å². The van der Waals surface area contributed by atoms with Crippen LogP contribution < -0.4 is 9.47 Å². The molecule has 4 heteroatoms. The summed E-state index contributed by atoms with van der Waals surface area (Å²) in [5.41, 5.74) is 3.77.